The number of fused-ring (bicyclic) bond motifs is 1. The zero-order valence-corrected chi connectivity index (χ0v) is 16.4. The largest absolute Gasteiger partial charge is 0.489 e. The van der Waals surface area contributed by atoms with Crippen LogP contribution in [0.5, 0.6) is 11.5 Å². The van der Waals surface area contributed by atoms with E-state index in [9.17, 15) is 4.79 Å². The van der Waals surface area contributed by atoms with Gasteiger partial charge in [0.15, 0.2) is 11.5 Å². The monoisotopic (exact) mass is 394 g/mol. The number of hydrogen-bond acceptors (Lipinski definition) is 5. The van der Waals surface area contributed by atoms with Crippen LogP contribution in [0.15, 0.2) is 29.6 Å². The molecule has 2 heterocycles. The first kappa shape index (κ1) is 19.0. The van der Waals surface area contributed by atoms with Crippen LogP contribution in [0.1, 0.15) is 23.8 Å². The topological polar surface area (TPSA) is 50.8 Å². The molecule has 1 aliphatic rings. The SMILES string of the molecule is CCN(CC(=O)NCc1cccs1)Cc1cc(Cl)c2c(c1)OCCCO2. The predicted molar refractivity (Wildman–Crippen MR) is 104 cm³/mol. The minimum absolute atomic E-state index is 0.0145. The lowest BCUT2D eigenvalue weighted by Gasteiger charge is -2.21. The molecule has 3 rings (SSSR count). The molecule has 0 spiro atoms. The van der Waals surface area contributed by atoms with Gasteiger partial charge in [0.25, 0.3) is 0 Å². The third kappa shape index (κ3) is 5.13. The molecule has 140 valence electrons. The van der Waals surface area contributed by atoms with Crippen molar-refractivity contribution in [3.8, 4) is 11.5 Å². The van der Waals surface area contributed by atoms with Gasteiger partial charge in [-0.2, -0.15) is 0 Å². The standard InChI is InChI=1S/C19H23ClN2O3S/c1-2-22(13-18(23)21-11-15-5-3-8-26-15)12-14-9-16(20)19-17(10-14)24-6-4-7-25-19/h3,5,8-10H,2,4,6-7,11-13H2,1H3,(H,21,23). The molecule has 1 N–H and O–H groups in total. The Hall–Kier alpha value is -1.76. The molecule has 0 bridgehead atoms. The Bertz CT molecular complexity index is 737. The first-order valence-corrected chi connectivity index (χ1v) is 10.0. The average molecular weight is 395 g/mol. The molecule has 1 aliphatic heterocycles. The number of carbonyl (C=O) groups is 1. The summed E-state index contributed by atoms with van der Waals surface area (Å²) in [6, 6.07) is 7.85. The van der Waals surface area contributed by atoms with Gasteiger partial charge in [-0.25, -0.2) is 0 Å². The van der Waals surface area contributed by atoms with E-state index < -0.39 is 0 Å². The molecule has 5 nitrogen and oxygen atoms in total. The van der Waals surface area contributed by atoms with E-state index in [-0.39, 0.29) is 5.91 Å². The van der Waals surface area contributed by atoms with E-state index in [0.717, 1.165) is 23.4 Å². The summed E-state index contributed by atoms with van der Waals surface area (Å²) < 4.78 is 11.4. The number of amides is 1. The highest BCUT2D eigenvalue weighted by Gasteiger charge is 2.17. The van der Waals surface area contributed by atoms with E-state index in [1.807, 2.05) is 36.6 Å². The molecule has 1 aromatic carbocycles. The Labute approximate surface area is 162 Å². The van der Waals surface area contributed by atoms with Crippen molar-refractivity contribution in [2.24, 2.45) is 0 Å². The Morgan fingerprint density at radius 2 is 2.19 bits per heavy atom. The van der Waals surface area contributed by atoms with Crippen molar-refractivity contribution in [2.45, 2.75) is 26.4 Å². The molecule has 26 heavy (non-hydrogen) atoms. The van der Waals surface area contributed by atoms with Gasteiger partial charge in [-0.15, -0.1) is 11.3 Å². The summed E-state index contributed by atoms with van der Waals surface area (Å²) in [5.41, 5.74) is 1.01. The normalized spacial score (nSPS) is 13.5. The highest BCUT2D eigenvalue weighted by Crippen LogP contribution is 2.38. The summed E-state index contributed by atoms with van der Waals surface area (Å²) in [5, 5.41) is 5.53. The number of likely N-dealkylation sites (N-methyl/N-ethyl adjacent to an activating group) is 1. The summed E-state index contributed by atoms with van der Waals surface area (Å²) in [7, 11) is 0. The van der Waals surface area contributed by atoms with E-state index in [4.69, 9.17) is 21.1 Å². The second kappa shape index (κ2) is 9.26. The van der Waals surface area contributed by atoms with Crippen LogP contribution in [0.3, 0.4) is 0 Å². The Kier molecular flexibility index (Phi) is 6.77. The van der Waals surface area contributed by atoms with Crippen LogP contribution < -0.4 is 14.8 Å². The molecule has 0 fully saturated rings. The molecule has 0 atom stereocenters. The average Bonchev–Trinajstić information content (AvgIpc) is 3.03. The van der Waals surface area contributed by atoms with Gasteiger partial charge in [0.2, 0.25) is 5.91 Å². The van der Waals surface area contributed by atoms with E-state index >= 15 is 0 Å². The number of halogens is 1. The molecule has 0 aliphatic carbocycles. The number of nitrogens with zero attached hydrogens (tertiary/aromatic N) is 1. The highest BCUT2D eigenvalue weighted by atomic mass is 35.5. The highest BCUT2D eigenvalue weighted by molar-refractivity contribution is 7.09. The predicted octanol–water partition coefficient (Wildman–Crippen LogP) is 3.70. The minimum Gasteiger partial charge on any atom is -0.489 e. The van der Waals surface area contributed by atoms with Crippen LogP contribution in [0.2, 0.25) is 5.02 Å². The summed E-state index contributed by atoms with van der Waals surface area (Å²) >= 11 is 8.00. The van der Waals surface area contributed by atoms with Crippen LogP contribution >= 0.6 is 22.9 Å². The van der Waals surface area contributed by atoms with Crippen molar-refractivity contribution >= 4 is 28.8 Å². The lowest BCUT2D eigenvalue weighted by molar-refractivity contribution is -0.122. The van der Waals surface area contributed by atoms with Crippen molar-refractivity contribution < 1.29 is 14.3 Å². The quantitative estimate of drug-likeness (QED) is 0.777. The molecule has 7 heteroatoms. The van der Waals surface area contributed by atoms with Crippen LogP contribution in [0.4, 0.5) is 0 Å². The van der Waals surface area contributed by atoms with Crippen LogP contribution in [0.25, 0.3) is 0 Å². The molecular weight excluding hydrogens is 372 g/mol. The summed E-state index contributed by atoms with van der Waals surface area (Å²) in [5.74, 6) is 1.31. The lowest BCUT2D eigenvalue weighted by Crippen LogP contribution is -2.36. The fraction of sp³-hybridized carbons (Fsp3) is 0.421. The Morgan fingerprint density at radius 1 is 1.35 bits per heavy atom. The number of rotatable bonds is 7. The van der Waals surface area contributed by atoms with E-state index in [2.05, 4.69) is 10.2 Å². The fourth-order valence-corrected chi connectivity index (χ4v) is 3.70. The van der Waals surface area contributed by atoms with E-state index in [0.29, 0.717) is 49.4 Å². The third-order valence-electron chi connectivity index (χ3n) is 4.12. The van der Waals surface area contributed by atoms with Gasteiger partial charge in [0.05, 0.1) is 31.3 Å². The molecule has 0 saturated carbocycles. The zero-order chi connectivity index (χ0) is 18.4. The smallest absolute Gasteiger partial charge is 0.234 e. The van der Waals surface area contributed by atoms with Crippen LogP contribution in [-0.2, 0) is 17.9 Å². The maximum atomic E-state index is 12.2. The molecule has 1 amide bonds. The second-order valence-electron chi connectivity index (χ2n) is 6.11. The van der Waals surface area contributed by atoms with Gasteiger partial charge in [-0.3, -0.25) is 9.69 Å². The van der Waals surface area contributed by atoms with E-state index in [1.54, 1.807) is 11.3 Å². The first-order valence-electron chi connectivity index (χ1n) is 8.75. The molecule has 1 aromatic heterocycles. The van der Waals surface area contributed by atoms with Gasteiger partial charge < -0.3 is 14.8 Å². The molecule has 0 saturated heterocycles. The molecular formula is C19H23ClN2O3S. The fourth-order valence-electron chi connectivity index (χ4n) is 2.77. The van der Waals surface area contributed by atoms with Crippen molar-refractivity contribution in [2.75, 3.05) is 26.3 Å². The lowest BCUT2D eigenvalue weighted by atomic mass is 10.2. The summed E-state index contributed by atoms with van der Waals surface area (Å²) in [4.78, 5) is 15.4. The Morgan fingerprint density at radius 3 is 2.96 bits per heavy atom. The van der Waals surface area contributed by atoms with E-state index in [1.165, 1.54) is 0 Å². The van der Waals surface area contributed by atoms with Gasteiger partial charge in [0, 0.05) is 17.8 Å². The molecule has 2 aromatic rings. The van der Waals surface area contributed by atoms with Gasteiger partial charge in [0.1, 0.15) is 0 Å². The second-order valence-corrected chi connectivity index (χ2v) is 7.55. The number of hydrogen-bond donors (Lipinski definition) is 1. The van der Waals surface area contributed by atoms with Gasteiger partial charge in [-0.05, 0) is 35.7 Å². The number of ether oxygens (including phenoxy) is 2. The van der Waals surface area contributed by atoms with Crippen LogP contribution in [-0.4, -0.2) is 37.1 Å². The summed E-state index contributed by atoms with van der Waals surface area (Å²) in [6.07, 6.45) is 0.839. The minimum atomic E-state index is 0.0145. The van der Waals surface area contributed by atoms with Gasteiger partial charge in [-0.1, -0.05) is 24.6 Å². The first-order chi connectivity index (χ1) is 12.7. The van der Waals surface area contributed by atoms with Crippen LogP contribution in [0, 0.1) is 0 Å². The summed E-state index contributed by atoms with van der Waals surface area (Å²) in [6.45, 7) is 5.57. The molecule has 0 unspecified atom stereocenters. The number of carbonyl (C=O) groups excluding carboxylic acids is 1. The van der Waals surface area contributed by atoms with Gasteiger partial charge >= 0.3 is 0 Å². The number of nitrogens with one attached hydrogen (secondary N) is 1. The maximum Gasteiger partial charge on any atom is 0.234 e. The maximum absolute atomic E-state index is 12.2. The van der Waals surface area contributed by atoms with Crippen molar-refractivity contribution in [3.63, 3.8) is 0 Å². The number of thiophene rings is 1. The molecule has 0 radical (unpaired) electrons. The zero-order valence-electron chi connectivity index (χ0n) is 14.8. The third-order valence-corrected chi connectivity index (χ3v) is 5.28. The number of benzene rings is 1. The van der Waals surface area contributed by atoms with Crippen molar-refractivity contribution in [3.05, 3.63) is 45.1 Å². The van der Waals surface area contributed by atoms with Crippen molar-refractivity contribution in [1.82, 2.24) is 10.2 Å². The Balaban J connectivity index is 1.59. The van der Waals surface area contributed by atoms with Crippen molar-refractivity contribution in [1.29, 1.82) is 0 Å².